The lowest BCUT2D eigenvalue weighted by molar-refractivity contribution is 0.0635. The molecule has 0 spiro atoms. The number of amides is 1. The molecule has 0 saturated carbocycles. The molecule has 0 unspecified atom stereocenters. The van der Waals surface area contributed by atoms with Gasteiger partial charge >= 0.3 is 6.09 Å². The number of sulfone groups is 1. The first-order valence-electron chi connectivity index (χ1n) is 9.35. The van der Waals surface area contributed by atoms with Gasteiger partial charge in [-0.15, -0.1) is 0 Å². The van der Waals surface area contributed by atoms with Gasteiger partial charge in [0.2, 0.25) is 0 Å². The Bertz CT molecular complexity index is 1240. The molecule has 0 atom stereocenters. The van der Waals surface area contributed by atoms with Gasteiger partial charge in [0.1, 0.15) is 40.0 Å². The maximum Gasteiger partial charge on any atom is 0.412 e. The summed E-state index contributed by atoms with van der Waals surface area (Å²) in [6, 6.07) is 5.03. The number of fused-ring (bicyclic) bond motifs is 1. The highest BCUT2D eigenvalue weighted by Gasteiger charge is 2.21. The number of hydrogen-bond acceptors (Lipinski definition) is 8. The lowest BCUT2D eigenvalue weighted by atomic mass is 10.1. The third-order valence-corrected chi connectivity index (χ3v) is 4.94. The van der Waals surface area contributed by atoms with Crippen molar-refractivity contribution in [3.8, 4) is 17.0 Å². The summed E-state index contributed by atoms with van der Waals surface area (Å²) in [6.45, 7) is 5.30. The topological polar surface area (TPSA) is 138 Å². The zero-order chi connectivity index (χ0) is 23.0. The third kappa shape index (κ3) is 5.23. The molecule has 3 aromatic rings. The molecule has 2 heterocycles. The van der Waals surface area contributed by atoms with E-state index in [1.54, 1.807) is 49.6 Å². The SMILES string of the molecule is COc1cc(-c2nc(CS(C)(=O)=O)n3ccnc(N)c23)ccc1NC(=O)OC(C)(C)C. The van der Waals surface area contributed by atoms with Gasteiger partial charge < -0.3 is 15.2 Å². The van der Waals surface area contributed by atoms with Crippen LogP contribution in [0.1, 0.15) is 26.6 Å². The van der Waals surface area contributed by atoms with Gasteiger partial charge in [0, 0.05) is 24.2 Å². The number of benzene rings is 1. The molecule has 1 aromatic carbocycles. The van der Waals surface area contributed by atoms with Gasteiger partial charge in [0.15, 0.2) is 9.84 Å². The molecule has 2 aromatic heterocycles. The first-order chi connectivity index (χ1) is 14.4. The Hall–Kier alpha value is -3.34. The molecule has 31 heavy (non-hydrogen) atoms. The van der Waals surface area contributed by atoms with Crippen LogP contribution in [-0.4, -0.2) is 47.8 Å². The molecule has 11 heteroatoms. The second-order valence-electron chi connectivity index (χ2n) is 8.02. The summed E-state index contributed by atoms with van der Waals surface area (Å²) < 4.78 is 36.0. The number of nitrogens with zero attached hydrogens (tertiary/aromatic N) is 3. The highest BCUT2D eigenvalue weighted by atomic mass is 32.2. The molecule has 1 amide bonds. The van der Waals surface area contributed by atoms with E-state index in [9.17, 15) is 13.2 Å². The Balaban J connectivity index is 2.06. The average molecular weight is 448 g/mol. The van der Waals surface area contributed by atoms with E-state index in [1.165, 1.54) is 13.3 Å². The minimum atomic E-state index is -3.33. The van der Waals surface area contributed by atoms with Gasteiger partial charge in [0.25, 0.3) is 0 Å². The van der Waals surface area contributed by atoms with E-state index in [1.807, 2.05) is 0 Å². The van der Waals surface area contributed by atoms with Crippen LogP contribution in [0.15, 0.2) is 30.6 Å². The predicted octanol–water partition coefficient (Wildman–Crippen LogP) is 2.88. The van der Waals surface area contributed by atoms with Crippen molar-refractivity contribution >= 4 is 33.0 Å². The van der Waals surface area contributed by atoms with E-state index in [-0.39, 0.29) is 11.6 Å². The number of rotatable bonds is 5. The molecule has 0 radical (unpaired) electrons. The van der Waals surface area contributed by atoms with Gasteiger partial charge in [-0.1, -0.05) is 6.07 Å². The highest BCUT2D eigenvalue weighted by Crippen LogP contribution is 2.34. The van der Waals surface area contributed by atoms with Crippen LogP contribution in [-0.2, 0) is 20.3 Å². The summed E-state index contributed by atoms with van der Waals surface area (Å²) in [6.07, 6.45) is 3.61. The second-order valence-corrected chi connectivity index (χ2v) is 10.2. The van der Waals surface area contributed by atoms with Crippen molar-refractivity contribution in [3.63, 3.8) is 0 Å². The molecule has 0 fully saturated rings. The Morgan fingerprint density at radius 2 is 2.00 bits per heavy atom. The second kappa shape index (κ2) is 8.06. The van der Waals surface area contributed by atoms with Crippen LogP contribution in [0.4, 0.5) is 16.3 Å². The summed E-state index contributed by atoms with van der Waals surface area (Å²) in [4.78, 5) is 20.7. The fourth-order valence-electron chi connectivity index (χ4n) is 3.02. The van der Waals surface area contributed by atoms with Gasteiger partial charge in [-0.05, 0) is 32.9 Å². The number of aromatic nitrogens is 3. The smallest absolute Gasteiger partial charge is 0.412 e. The monoisotopic (exact) mass is 447 g/mol. The number of imidazole rings is 1. The zero-order valence-corrected chi connectivity index (χ0v) is 18.8. The van der Waals surface area contributed by atoms with E-state index in [0.717, 1.165) is 6.26 Å². The Labute approximate surface area is 180 Å². The number of ether oxygens (including phenoxy) is 2. The number of anilines is 2. The van der Waals surface area contributed by atoms with E-state index in [2.05, 4.69) is 15.3 Å². The zero-order valence-electron chi connectivity index (χ0n) is 18.0. The standard InChI is InChI=1S/C20H25N5O5S/c1-20(2,3)30-19(26)23-13-7-6-12(10-14(13)29-4)16-17-18(21)22-8-9-25(17)15(24-16)11-31(5,27)28/h6-10H,11H2,1-5H3,(H2,21,22)(H,23,26). The fraction of sp³-hybridized carbons (Fsp3) is 0.350. The van der Waals surface area contributed by atoms with E-state index in [4.69, 9.17) is 15.2 Å². The maximum atomic E-state index is 12.1. The molecule has 0 bridgehead atoms. The summed E-state index contributed by atoms with van der Waals surface area (Å²) in [5, 5.41) is 2.65. The fourth-order valence-corrected chi connectivity index (χ4v) is 3.69. The molecule has 3 rings (SSSR count). The van der Waals surface area contributed by atoms with Gasteiger partial charge in [-0.3, -0.25) is 9.72 Å². The Morgan fingerprint density at radius 1 is 1.29 bits per heavy atom. The summed E-state index contributed by atoms with van der Waals surface area (Å²) in [5.41, 5.74) is 7.38. The first kappa shape index (κ1) is 22.3. The lowest BCUT2D eigenvalue weighted by Gasteiger charge is -2.20. The summed E-state index contributed by atoms with van der Waals surface area (Å²) in [5.74, 6) is 0.639. The summed E-state index contributed by atoms with van der Waals surface area (Å²) >= 11 is 0. The van der Waals surface area contributed by atoms with E-state index < -0.39 is 21.5 Å². The quantitative estimate of drug-likeness (QED) is 0.609. The molecule has 0 aliphatic heterocycles. The molecule has 0 aliphatic rings. The van der Waals surface area contributed by atoms with Crippen LogP contribution >= 0.6 is 0 Å². The highest BCUT2D eigenvalue weighted by molar-refractivity contribution is 7.89. The van der Waals surface area contributed by atoms with Gasteiger partial charge in [0.05, 0.1) is 12.8 Å². The minimum Gasteiger partial charge on any atom is -0.495 e. The summed E-state index contributed by atoms with van der Waals surface area (Å²) in [7, 11) is -1.86. The van der Waals surface area contributed by atoms with Crippen molar-refractivity contribution in [2.45, 2.75) is 32.1 Å². The number of nitrogens with one attached hydrogen (secondary N) is 1. The van der Waals surface area contributed by atoms with E-state index >= 15 is 0 Å². The third-order valence-electron chi connectivity index (χ3n) is 4.16. The van der Waals surface area contributed by atoms with Crippen LogP contribution < -0.4 is 15.8 Å². The Morgan fingerprint density at radius 3 is 2.61 bits per heavy atom. The molecule has 10 nitrogen and oxygen atoms in total. The molecule has 0 aliphatic carbocycles. The molecule has 166 valence electrons. The van der Waals surface area contributed by atoms with Crippen LogP contribution in [0.25, 0.3) is 16.8 Å². The van der Waals surface area contributed by atoms with Crippen LogP contribution in [0.5, 0.6) is 5.75 Å². The van der Waals surface area contributed by atoms with Crippen LogP contribution in [0.3, 0.4) is 0 Å². The largest absolute Gasteiger partial charge is 0.495 e. The number of nitrogen functional groups attached to an aromatic ring is 1. The van der Waals surface area contributed by atoms with Crippen molar-refractivity contribution in [1.82, 2.24) is 14.4 Å². The van der Waals surface area contributed by atoms with Crippen LogP contribution in [0.2, 0.25) is 0 Å². The molecule has 0 saturated heterocycles. The van der Waals surface area contributed by atoms with Crippen molar-refractivity contribution in [2.24, 2.45) is 0 Å². The van der Waals surface area contributed by atoms with Crippen molar-refractivity contribution in [1.29, 1.82) is 0 Å². The average Bonchev–Trinajstić information content (AvgIpc) is 2.98. The van der Waals surface area contributed by atoms with Crippen molar-refractivity contribution in [3.05, 3.63) is 36.4 Å². The number of methoxy groups -OCH3 is 1. The van der Waals surface area contributed by atoms with Crippen LogP contribution in [0, 0.1) is 0 Å². The number of hydrogen-bond donors (Lipinski definition) is 2. The van der Waals surface area contributed by atoms with Crippen molar-refractivity contribution in [2.75, 3.05) is 24.4 Å². The van der Waals surface area contributed by atoms with E-state index in [0.29, 0.717) is 34.0 Å². The predicted molar refractivity (Wildman–Crippen MR) is 118 cm³/mol. The van der Waals surface area contributed by atoms with Gasteiger partial charge in [-0.25, -0.2) is 23.2 Å². The van der Waals surface area contributed by atoms with Crippen molar-refractivity contribution < 1.29 is 22.7 Å². The first-order valence-corrected chi connectivity index (χ1v) is 11.4. The number of carbonyl (C=O) groups excluding carboxylic acids is 1. The minimum absolute atomic E-state index is 0.208. The number of carbonyl (C=O) groups is 1. The molecular formula is C20H25N5O5S. The van der Waals surface area contributed by atoms with Gasteiger partial charge in [-0.2, -0.15) is 0 Å². The normalized spacial score (nSPS) is 12.0. The Kier molecular flexibility index (Phi) is 5.81. The molecular weight excluding hydrogens is 422 g/mol. The molecule has 3 N–H and O–H groups in total. The number of nitrogens with two attached hydrogens (primary N) is 1. The lowest BCUT2D eigenvalue weighted by Crippen LogP contribution is -2.27. The maximum absolute atomic E-state index is 12.1.